The van der Waals surface area contributed by atoms with Crippen molar-refractivity contribution in [1.29, 1.82) is 0 Å². The third-order valence-corrected chi connectivity index (χ3v) is 1.20. The molecule has 3 heteroatoms. The van der Waals surface area contributed by atoms with Gasteiger partial charge in [0.25, 0.3) is 0 Å². The summed E-state index contributed by atoms with van der Waals surface area (Å²) in [6, 6.07) is 0. The molecule has 0 radical (unpaired) electrons. The summed E-state index contributed by atoms with van der Waals surface area (Å²) in [5.74, 6) is 0.618. The fourth-order valence-electron chi connectivity index (χ4n) is 0.721. The van der Waals surface area contributed by atoms with Gasteiger partial charge in [-0.1, -0.05) is 6.58 Å². The van der Waals surface area contributed by atoms with Gasteiger partial charge in [-0.2, -0.15) is 0 Å². The largest absolute Gasteiger partial charge is 0.343 e. The maximum atomic E-state index is 3.91. The summed E-state index contributed by atoms with van der Waals surface area (Å²) in [5, 5.41) is 0. The maximum Gasteiger partial charge on any atom is 0.177 e. The van der Waals surface area contributed by atoms with Crippen molar-refractivity contribution in [3.05, 3.63) is 18.6 Å². The van der Waals surface area contributed by atoms with Crippen molar-refractivity contribution >= 4 is 18.1 Å². The number of nitrogens with one attached hydrogen (secondary N) is 1. The Morgan fingerprint density at radius 1 is 1.80 bits per heavy atom. The zero-order chi connectivity index (χ0) is 7.56. The molecule has 0 aliphatic heterocycles. The van der Waals surface area contributed by atoms with E-state index in [0.29, 0.717) is 5.82 Å². The highest BCUT2D eigenvalue weighted by Gasteiger charge is 2.01. The average molecular weight is 135 g/mol. The Kier molecular flexibility index (Phi) is 1.67. The molecule has 0 aromatic carbocycles. The number of allylic oxidation sites excluding steroid dienone is 1. The summed E-state index contributed by atoms with van der Waals surface area (Å²) >= 11 is 0. The van der Waals surface area contributed by atoms with Crippen molar-refractivity contribution in [2.45, 2.75) is 6.92 Å². The summed E-state index contributed by atoms with van der Waals surface area (Å²) in [7, 11) is 0. The number of aliphatic imine (C=N–C) groups is 1. The molecule has 0 saturated heterocycles. The van der Waals surface area contributed by atoms with Crippen molar-refractivity contribution in [2.75, 3.05) is 0 Å². The van der Waals surface area contributed by atoms with Crippen LogP contribution in [0.15, 0.2) is 17.9 Å². The van der Waals surface area contributed by atoms with Gasteiger partial charge in [-0.25, -0.2) is 9.98 Å². The SMILES string of the molecule is C=Nc1nc[nH]c1C(=C)C. The van der Waals surface area contributed by atoms with E-state index in [1.54, 1.807) is 6.33 Å². The third kappa shape index (κ3) is 0.978. The van der Waals surface area contributed by atoms with Crippen LogP contribution in [0.4, 0.5) is 5.82 Å². The molecule has 0 fully saturated rings. The zero-order valence-electron chi connectivity index (χ0n) is 5.89. The summed E-state index contributed by atoms with van der Waals surface area (Å²) < 4.78 is 0. The molecule has 10 heavy (non-hydrogen) atoms. The van der Waals surface area contributed by atoms with E-state index >= 15 is 0 Å². The molecule has 1 aromatic rings. The molecule has 0 amide bonds. The Balaban J connectivity index is 3.13. The predicted molar refractivity (Wildman–Crippen MR) is 42.5 cm³/mol. The number of nitrogens with zero attached hydrogens (tertiary/aromatic N) is 2. The molecule has 0 spiro atoms. The number of aromatic nitrogens is 2. The normalized spacial score (nSPS) is 9.30. The zero-order valence-corrected chi connectivity index (χ0v) is 5.89. The number of aromatic amines is 1. The van der Waals surface area contributed by atoms with Crippen LogP contribution in [0.25, 0.3) is 5.57 Å². The lowest BCUT2D eigenvalue weighted by molar-refractivity contribution is 1.29. The van der Waals surface area contributed by atoms with Crippen LogP contribution in [0, 0.1) is 0 Å². The second-order valence-corrected chi connectivity index (χ2v) is 2.04. The van der Waals surface area contributed by atoms with E-state index in [9.17, 15) is 0 Å². The molecule has 1 rings (SSSR count). The van der Waals surface area contributed by atoms with Gasteiger partial charge in [0.2, 0.25) is 0 Å². The third-order valence-electron chi connectivity index (χ3n) is 1.20. The fraction of sp³-hybridized carbons (Fsp3) is 0.143. The van der Waals surface area contributed by atoms with Gasteiger partial charge in [-0.15, -0.1) is 0 Å². The van der Waals surface area contributed by atoms with E-state index in [0.717, 1.165) is 11.3 Å². The molecular formula is C7H9N3. The first-order valence-corrected chi connectivity index (χ1v) is 2.91. The summed E-state index contributed by atoms with van der Waals surface area (Å²) in [6.45, 7) is 9.01. The van der Waals surface area contributed by atoms with E-state index in [2.05, 4.69) is 28.3 Å². The molecule has 3 nitrogen and oxygen atoms in total. The van der Waals surface area contributed by atoms with Crippen LogP contribution in [0.2, 0.25) is 0 Å². The number of H-pyrrole nitrogens is 1. The molecule has 1 N–H and O–H groups in total. The Morgan fingerprint density at radius 2 is 2.50 bits per heavy atom. The topological polar surface area (TPSA) is 41.0 Å². The summed E-state index contributed by atoms with van der Waals surface area (Å²) in [6.07, 6.45) is 1.58. The lowest BCUT2D eigenvalue weighted by Crippen LogP contribution is -1.75. The van der Waals surface area contributed by atoms with Crippen LogP contribution < -0.4 is 0 Å². The minimum absolute atomic E-state index is 0.618. The van der Waals surface area contributed by atoms with Crippen LogP contribution >= 0.6 is 0 Å². The van der Waals surface area contributed by atoms with Crippen molar-refractivity contribution in [3.8, 4) is 0 Å². The van der Waals surface area contributed by atoms with Gasteiger partial charge in [0.1, 0.15) is 0 Å². The molecule has 0 aliphatic rings. The highest BCUT2D eigenvalue weighted by molar-refractivity contribution is 5.67. The maximum absolute atomic E-state index is 3.91. The number of rotatable bonds is 2. The van der Waals surface area contributed by atoms with E-state index in [-0.39, 0.29) is 0 Å². The Bertz CT molecular complexity index is 260. The van der Waals surface area contributed by atoms with Gasteiger partial charge < -0.3 is 4.98 Å². The van der Waals surface area contributed by atoms with Crippen LogP contribution in [-0.2, 0) is 0 Å². The van der Waals surface area contributed by atoms with Gasteiger partial charge >= 0.3 is 0 Å². The molecule has 52 valence electrons. The molecule has 1 aromatic heterocycles. The van der Waals surface area contributed by atoms with Crippen molar-refractivity contribution < 1.29 is 0 Å². The van der Waals surface area contributed by atoms with Crippen LogP contribution in [0.5, 0.6) is 0 Å². The van der Waals surface area contributed by atoms with Gasteiger partial charge in [0.15, 0.2) is 5.82 Å². The highest BCUT2D eigenvalue weighted by Crippen LogP contribution is 2.18. The molecule has 1 heterocycles. The number of hydrogen-bond donors (Lipinski definition) is 1. The molecule has 0 aliphatic carbocycles. The molecule has 0 bridgehead atoms. The second-order valence-electron chi connectivity index (χ2n) is 2.04. The van der Waals surface area contributed by atoms with Crippen LogP contribution in [0.3, 0.4) is 0 Å². The van der Waals surface area contributed by atoms with E-state index < -0.39 is 0 Å². The Labute approximate surface area is 59.5 Å². The molecular weight excluding hydrogens is 126 g/mol. The van der Waals surface area contributed by atoms with E-state index in [1.807, 2.05) is 6.92 Å². The summed E-state index contributed by atoms with van der Waals surface area (Å²) in [4.78, 5) is 10.5. The predicted octanol–water partition coefficient (Wildman–Crippen LogP) is 1.77. The Hall–Kier alpha value is -1.38. The van der Waals surface area contributed by atoms with Gasteiger partial charge in [0, 0.05) is 0 Å². The monoisotopic (exact) mass is 135 g/mol. The number of imidazole rings is 1. The molecule has 0 atom stereocenters. The quantitative estimate of drug-likeness (QED) is 0.617. The molecule has 0 saturated carbocycles. The van der Waals surface area contributed by atoms with Crippen molar-refractivity contribution in [2.24, 2.45) is 4.99 Å². The lowest BCUT2D eigenvalue weighted by Gasteiger charge is -1.92. The average Bonchev–Trinajstić information content (AvgIpc) is 2.33. The van der Waals surface area contributed by atoms with Gasteiger partial charge in [0.05, 0.1) is 12.0 Å². The van der Waals surface area contributed by atoms with E-state index in [1.165, 1.54) is 0 Å². The lowest BCUT2D eigenvalue weighted by atomic mass is 10.2. The fourth-order valence-corrected chi connectivity index (χ4v) is 0.721. The van der Waals surface area contributed by atoms with Crippen LogP contribution in [-0.4, -0.2) is 16.7 Å². The van der Waals surface area contributed by atoms with Gasteiger partial charge in [-0.05, 0) is 19.2 Å². The smallest absolute Gasteiger partial charge is 0.177 e. The van der Waals surface area contributed by atoms with E-state index in [4.69, 9.17) is 0 Å². The van der Waals surface area contributed by atoms with Crippen molar-refractivity contribution in [3.63, 3.8) is 0 Å². The first-order chi connectivity index (χ1) is 4.75. The molecule has 0 unspecified atom stereocenters. The highest BCUT2D eigenvalue weighted by atomic mass is 15.0. The first-order valence-electron chi connectivity index (χ1n) is 2.91. The van der Waals surface area contributed by atoms with Gasteiger partial charge in [-0.3, -0.25) is 0 Å². The van der Waals surface area contributed by atoms with Crippen LogP contribution in [0.1, 0.15) is 12.6 Å². The minimum atomic E-state index is 0.618. The Morgan fingerprint density at radius 3 is 2.90 bits per heavy atom. The first kappa shape index (κ1) is 6.74. The minimum Gasteiger partial charge on any atom is -0.343 e. The standard InChI is InChI=1S/C7H9N3/c1-5(2)6-7(8-3)10-4-9-6/h4H,1,3H2,2H3,(H,9,10). The number of hydrogen-bond acceptors (Lipinski definition) is 2. The van der Waals surface area contributed by atoms with Crippen molar-refractivity contribution in [1.82, 2.24) is 9.97 Å². The second kappa shape index (κ2) is 2.47. The summed E-state index contributed by atoms with van der Waals surface area (Å²) in [5.41, 5.74) is 1.77.